The maximum Gasteiger partial charge on any atom is 0.418 e. The number of nitrogens with zero attached hydrogens (tertiary/aromatic N) is 5. The maximum atomic E-state index is 12.3. The molecule has 1 aromatic rings. The van der Waals surface area contributed by atoms with E-state index in [-0.39, 0.29) is 30.8 Å². The van der Waals surface area contributed by atoms with Gasteiger partial charge in [0.2, 0.25) is 11.8 Å². The second-order valence-corrected chi connectivity index (χ2v) is 6.77. The van der Waals surface area contributed by atoms with Gasteiger partial charge < -0.3 is 25.9 Å². The number of fused-ring (bicyclic) bond motifs is 2. The van der Waals surface area contributed by atoms with Gasteiger partial charge in [-0.1, -0.05) is 0 Å². The third-order valence-electron chi connectivity index (χ3n) is 3.97. The van der Waals surface area contributed by atoms with Crippen LogP contribution >= 0.6 is 0 Å². The van der Waals surface area contributed by atoms with Gasteiger partial charge in [-0.15, -0.1) is 14.5 Å². The second-order valence-electron chi connectivity index (χ2n) is 5.77. The fourth-order valence-electron chi connectivity index (χ4n) is 2.87. The number of carbonyl (C=O) groups is 1. The normalized spacial score (nSPS) is 24.0. The molecule has 15 heteroatoms. The third-order valence-corrected chi connectivity index (χ3v) is 4.32. The Morgan fingerprint density at radius 3 is 2.81 bits per heavy atom. The number of piperidine rings is 1. The molecule has 26 heavy (non-hydrogen) atoms. The molecule has 2 amide bonds. The Labute approximate surface area is 147 Å². The molecule has 0 unspecified atom stereocenters. The number of hydroxylamine groups is 2. The molecule has 14 nitrogen and oxygen atoms in total. The number of carbonyl (C=O) groups excluding carboxylic acids is 1. The summed E-state index contributed by atoms with van der Waals surface area (Å²) in [5, 5.41) is 18.1. The Hall–Kier alpha value is -2.49. The molecule has 0 radical (unpaired) electrons. The first-order valence-electron chi connectivity index (χ1n) is 7.49. The summed E-state index contributed by atoms with van der Waals surface area (Å²) in [5.41, 5.74) is 10.4. The largest absolute Gasteiger partial charge is 0.420 e. The average Bonchev–Trinajstić information content (AvgIpc) is 3.12. The summed E-state index contributed by atoms with van der Waals surface area (Å²) in [4.78, 5) is 17.3. The molecule has 3 atom stereocenters. The molecule has 0 saturated carbocycles. The molecule has 2 aliphatic heterocycles. The van der Waals surface area contributed by atoms with E-state index in [0.29, 0.717) is 17.9 Å². The van der Waals surface area contributed by atoms with Crippen molar-refractivity contribution in [3.8, 4) is 0 Å². The summed E-state index contributed by atoms with van der Waals surface area (Å²) in [6.07, 6.45) is -0.437. The van der Waals surface area contributed by atoms with Crippen LogP contribution in [0.2, 0.25) is 0 Å². The zero-order valence-corrected chi connectivity index (χ0v) is 14.1. The molecular formula is C11H17N7O7S. The molecule has 6 N–H and O–H groups in total. The zero-order chi connectivity index (χ0) is 19.1. The Morgan fingerprint density at radius 1 is 1.42 bits per heavy atom. The van der Waals surface area contributed by atoms with Gasteiger partial charge in [0.1, 0.15) is 6.04 Å². The molecule has 3 rings (SSSR count). The highest BCUT2D eigenvalue weighted by molar-refractivity contribution is 7.80. The predicted molar refractivity (Wildman–Crippen MR) is 82.3 cm³/mol. The number of urea groups is 1. The van der Waals surface area contributed by atoms with Crippen LogP contribution < -0.4 is 11.5 Å². The van der Waals surface area contributed by atoms with Crippen molar-refractivity contribution in [1.82, 2.24) is 20.2 Å². The standard InChI is InChI=1S/C11H17N7O7S/c12-10(13)14-3-7(19)9-16-15-8(24-9)6-2-1-5-4-17(6)11(20)18(5)25-26(21,22)23/h5-7,19H,1-4H2,(H4,12,13,14)(H,21,22,23)/t5-,6+,7-/m1/s1. The van der Waals surface area contributed by atoms with Crippen LogP contribution in [0.5, 0.6) is 0 Å². The van der Waals surface area contributed by atoms with Crippen LogP contribution in [0.15, 0.2) is 9.41 Å². The highest BCUT2D eigenvalue weighted by atomic mass is 32.3. The average molecular weight is 391 g/mol. The smallest absolute Gasteiger partial charge is 0.418 e. The molecular weight excluding hydrogens is 374 g/mol. The van der Waals surface area contributed by atoms with E-state index in [1.807, 2.05) is 0 Å². The van der Waals surface area contributed by atoms with Crippen molar-refractivity contribution in [3.05, 3.63) is 11.8 Å². The molecule has 1 aromatic heterocycles. The quantitative estimate of drug-likeness (QED) is 0.238. The summed E-state index contributed by atoms with van der Waals surface area (Å²) in [6, 6.07) is -1.91. The van der Waals surface area contributed by atoms with Crippen LogP contribution in [0.1, 0.15) is 36.8 Å². The Kier molecular flexibility index (Phi) is 4.70. The topological polar surface area (TPSA) is 211 Å². The number of rotatable bonds is 6. The number of hydrogen-bond donors (Lipinski definition) is 4. The Bertz CT molecular complexity index is 821. The summed E-state index contributed by atoms with van der Waals surface area (Å²) in [5.74, 6) is -0.252. The first-order valence-corrected chi connectivity index (χ1v) is 8.86. The van der Waals surface area contributed by atoms with Gasteiger partial charge in [-0.25, -0.2) is 4.79 Å². The number of aromatic nitrogens is 2. The molecule has 0 spiro atoms. The number of amides is 2. The minimum atomic E-state index is -4.82. The number of hydrogen-bond acceptors (Lipinski definition) is 9. The number of aliphatic hydroxyl groups excluding tert-OH is 1. The van der Waals surface area contributed by atoms with E-state index in [0.717, 1.165) is 0 Å². The summed E-state index contributed by atoms with van der Waals surface area (Å²) >= 11 is 0. The van der Waals surface area contributed by atoms with E-state index >= 15 is 0 Å². The fourth-order valence-corrected chi connectivity index (χ4v) is 3.26. The van der Waals surface area contributed by atoms with E-state index in [2.05, 4.69) is 19.5 Å². The summed E-state index contributed by atoms with van der Waals surface area (Å²) in [6.45, 7) is -0.0113. The Balaban J connectivity index is 1.74. The van der Waals surface area contributed by atoms with Gasteiger partial charge in [-0.3, -0.25) is 9.55 Å². The third kappa shape index (κ3) is 3.69. The number of aliphatic imine (C=N–C) groups is 1. The number of guanidine groups is 1. The van der Waals surface area contributed by atoms with Crippen molar-refractivity contribution in [3.63, 3.8) is 0 Å². The van der Waals surface area contributed by atoms with Crippen molar-refractivity contribution < 1.29 is 31.6 Å². The molecule has 3 heterocycles. The van der Waals surface area contributed by atoms with Crippen LogP contribution in [0.25, 0.3) is 0 Å². The molecule has 2 saturated heterocycles. The number of nitrogens with two attached hydrogens (primary N) is 2. The highest BCUT2D eigenvalue weighted by Gasteiger charge is 2.49. The SMILES string of the molecule is NC(N)=NC[C@@H](O)c1nnc([C@@H]2CC[C@@H]3CN2C(=O)N3OS(=O)(=O)O)o1. The molecule has 0 aliphatic carbocycles. The summed E-state index contributed by atoms with van der Waals surface area (Å²) < 4.78 is 40.3. The fraction of sp³-hybridized carbons (Fsp3) is 0.636. The Morgan fingerprint density at radius 2 is 2.15 bits per heavy atom. The highest BCUT2D eigenvalue weighted by Crippen LogP contribution is 2.38. The van der Waals surface area contributed by atoms with Gasteiger partial charge in [0.15, 0.2) is 12.1 Å². The van der Waals surface area contributed by atoms with E-state index in [1.165, 1.54) is 4.90 Å². The predicted octanol–water partition coefficient (Wildman–Crippen LogP) is -1.95. The van der Waals surface area contributed by atoms with Crippen molar-refractivity contribution in [2.45, 2.75) is 31.0 Å². The lowest BCUT2D eigenvalue weighted by atomic mass is 10.0. The van der Waals surface area contributed by atoms with Crippen LogP contribution in [-0.4, -0.2) is 69.4 Å². The van der Waals surface area contributed by atoms with Crippen molar-refractivity contribution in [1.29, 1.82) is 0 Å². The first-order chi connectivity index (χ1) is 12.2. The van der Waals surface area contributed by atoms with Crippen LogP contribution in [-0.2, 0) is 14.7 Å². The minimum absolute atomic E-state index is 0.0734. The lowest BCUT2D eigenvalue weighted by Gasteiger charge is -2.27. The van der Waals surface area contributed by atoms with Gasteiger partial charge in [0.05, 0.1) is 12.6 Å². The molecule has 2 aliphatic rings. The zero-order valence-electron chi connectivity index (χ0n) is 13.3. The lowest BCUT2D eigenvalue weighted by molar-refractivity contribution is -0.0317. The molecule has 144 valence electrons. The van der Waals surface area contributed by atoms with Crippen molar-refractivity contribution >= 4 is 22.4 Å². The minimum Gasteiger partial charge on any atom is -0.420 e. The second kappa shape index (κ2) is 6.67. The van der Waals surface area contributed by atoms with E-state index in [9.17, 15) is 18.3 Å². The maximum absolute atomic E-state index is 12.3. The molecule has 0 aromatic carbocycles. The monoisotopic (exact) mass is 391 g/mol. The number of aliphatic hydroxyl groups is 1. The molecule has 2 bridgehead atoms. The lowest BCUT2D eigenvalue weighted by Crippen LogP contribution is -2.35. The van der Waals surface area contributed by atoms with Gasteiger partial charge >= 0.3 is 16.4 Å². The van der Waals surface area contributed by atoms with Gasteiger partial charge in [-0.05, 0) is 12.8 Å². The first kappa shape index (κ1) is 18.3. The van der Waals surface area contributed by atoms with Gasteiger partial charge in [-0.2, -0.15) is 13.5 Å². The van der Waals surface area contributed by atoms with Gasteiger partial charge in [0, 0.05) is 6.54 Å². The summed E-state index contributed by atoms with van der Waals surface area (Å²) in [7, 11) is -4.82. The molecule has 2 fully saturated rings. The van der Waals surface area contributed by atoms with Crippen molar-refractivity contribution in [2.24, 2.45) is 16.5 Å². The van der Waals surface area contributed by atoms with Crippen LogP contribution in [0.3, 0.4) is 0 Å². The van der Waals surface area contributed by atoms with Gasteiger partial charge in [0.25, 0.3) is 0 Å². The van der Waals surface area contributed by atoms with E-state index < -0.39 is 34.6 Å². The van der Waals surface area contributed by atoms with E-state index in [4.69, 9.17) is 20.4 Å². The van der Waals surface area contributed by atoms with Crippen LogP contribution in [0, 0.1) is 0 Å². The van der Waals surface area contributed by atoms with Crippen LogP contribution in [0.4, 0.5) is 4.79 Å². The van der Waals surface area contributed by atoms with Crippen molar-refractivity contribution in [2.75, 3.05) is 13.1 Å². The van der Waals surface area contributed by atoms with E-state index in [1.54, 1.807) is 0 Å².